The second-order valence-electron chi connectivity index (χ2n) is 8.40. The van der Waals surface area contributed by atoms with E-state index in [1.165, 1.54) is 28.3 Å². The van der Waals surface area contributed by atoms with Gasteiger partial charge in [-0.25, -0.2) is 4.98 Å². The summed E-state index contributed by atoms with van der Waals surface area (Å²) in [6.07, 6.45) is 3.34. The fourth-order valence-corrected chi connectivity index (χ4v) is 5.61. The monoisotopic (exact) mass is 473 g/mol. The number of halogens is 3. The smallest absolute Gasteiger partial charge is 0.309 e. The lowest BCUT2D eigenvalue weighted by Crippen LogP contribution is -2.33. The predicted molar refractivity (Wildman–Crippen MR) is 120 cm³/mol. The fraction of sp³-hybridized carbons (Fsp3) is 0.348. The molecule has 1 atom stereocenters. The molecule has 1 aliphatic carbocycles. The molecule has 4 aromatic rings. The second-order valence-corrected chi connectivity index (χ2v) is 9.49. The third-order valence-electron chi connectivity index (χ3n) is 6.00. The molecule has 6 nitrogen and oxygen atoms in total. The number of benzene rings is 1. The van der Waals surface area contributed by atoms with Gasteiger partial charge in [0.1, 0.15) is 4.83 Å². The number of hydrogen-bond donors (Lipinski definition) is 1. The van der Waals surface area contributed by atoms with Gasteiger partial charge in [-0.15, -0.1) is 11.3 Å². The maximum atomic E-state index is 13.2. The minimum atomic E-state index is -4.42. The number of alkyl halides is 3. The minimum Gasteiger partial charge on any atom is -0.309 e. The Labute approximate surface area is 191 Å². The van der Waals surface area contributed by atoms with Gasteiger partial charge in [0.25, 0.3) is 5.56 Å². The molecule has 0 bridgehead atoms. The van der Waals surface area contributed by atoms with Crippen LogP contribution in [0.25, 0.3) is 10.2 Å². The van der Waals surface area contributed by atoms with Crippen LogP contribution >= 0.6 is 11.3 Å². The van der Waals surface area contributed by atoms with Crippen molar-refractivity contribution < 1.29 is 13.2 Å². The standard InChI is InChI=1S/C23H22F3N5OS/c1-30-11-15(10-29-30)9-27-17-5-6-18-19(8-17)33-21-20(18)22(32)31(13-28-21)12-14-3-2-4-16(7-14)23(24,25)26/h2-4,7,10-11,13,17,27H,5-6,8-9,12H2,1H3/t17-/m0/s1. The summed E-state index contributed by atoms with van der Waals surface area (Å²) in [5, 5.41) is 8.36. The predicted octanol–water partition coefficient (Wildman–Crippen LogP) is 3.91. The van der Waals surface area contributed by atoms with Gasteiger partial charge < -0.3 is 5.32 Å². The van der Waals surface area contributed by atoms with E-state index in [1.807, 2.05) is 19.4 Å². The number of fused-ring (bicyclic) bond motifs is 3. The molecule has 172 valence electrons. The molecule has 1 aliphatic rings. The van der Waals surface area contributed by atoms with Gasteiger partial charge in [0.2, 0.25) is 0 Å². The molecule has 1 aromatic carbocycles. The Morgan fingerprint density at radius 3 is 2.88 bits per heavy atom. The highest BCUT2D eigenvalue weighted by atomic mass is 32.1. The zero-order valence-electron chi connectivity index (χ0n) is 17.9. The molecule has 1 N–H and O–H groups in total. The molecule has 0 saturated heterocycles. The topological polar surface area (TPSA) is 64.7 Å². The first-order valence-electron chi connectivity index (χ1n) is 10.6. The van der Waals surface area contributed by atoms with Crippen molar-refractivity contribution >= 4 is 21.6 Å². The van der Waals surface area contributed by atoms with Crippen LogP contribution in [-0.4, -0.2) is 25.4 Å². The van der Waals surface area contributed by atoms with Crippen molar-refractivity contribution in [3.63, 3.8) is 0 Å². The van der Waals surface area contributed by atoms with E-state index in [2.05, 4.69) is 15.4 Å². The summed E-state index contributed by atoms with van der Waals surface area (Å²) in [6.45, 7) is 0.784. The van der Waals surface area contributed by atoms with Crippen LogP contribution in [0, 0.1) is 0 Å². The Hall–Kier alpha value is -2.98. The quantitative estimate of drug-likeness (QED) is 0.478. The zero-order valence-corrected chi connectivity index (χ0v) is 18.7. The lowest BCUT2D eigenvalue weighted by atomic mass is 9.93. The minimum absolute atomic E-state index is 0.0472. The van der Waals surface area contributed by atoms with Crippen molar-refractivity contribution in [2.75, 3.05) is 0 Å². The van der Waals surface area contributed by atoms with Crippen LogP contribution in [0.1, 0.15) is 33.6 Å². The van der Waals surface area contributed by atoms with Gasteiger partial charge >= 0.3 is 6.18 Å². The Kier molecular flexibility index (Phi) is 5.57. The second kappa shape index (κ2) is 8.42. The molecule has 0 aliphatic heterocycles. The first-order chi connectivity index (χ1) is 15.8. The Balaban J connectivity index is 1.37. The van der Waals surface area contributed by atoms with Gasteiger partial charge in [0.05, 0.1) is 30.0 Å². The van der Waals surface area contributed by atoms with Crippen molar-refractivity contribution in [2.24, 2.45) is 7.05 Å². The average Bonchev–Trinajstić information content (AvgIpc) is 3.36. The first-order valence-corrected chi connectivity index (χ1v) is 11.5. The summed E-state index contributed by atoms with van der Waals surface area (Å²) in [6, 6.07) is 5.37. The highest BCUT2D eigenvalue weighted by Gasteiger charge is 2.30. The maximum absolute atomic E-state index is 13.2. The summed E-state index contributed by atoms with van der Waals surface area (Å²) >= 11 is 1.53. The summed E-state index contributed by atoms with van der Waals surface area (Å²) in [4.78, 5) is 19.5. The van der Waals surface area contributed by atoms with E-state index >= 15 is 0 Å². The molecule has 33 heavy (non-hydrogen) atoms. The summed E-state index contributed by atoms with van der Waals surface area (Å²) in [7, 11) is 1.89. The average molecular weight is 474 g/mol. The fourth-order valence-electron chi connectivity index (χ4n) is 4.36. The molecular weight excluding hydrogens is 451 g/mol. The maximum Gasteiger partial charge on any atom is 0.416 e. The van der Waals surface area contributed by atoms with Gasteiger partial charge in [-0.3, -0.25) is 14.0 Å². The van der Waals surface area contributed by atoms with Crippen molar-refractivity contribution in [1.29, 1.82) is 0 Å². The molecule has 3 aromatic heterocycles. The van der Waals surface area contributed by atoms with E-state index < -0.39 is 11.7 Å². The van der Waals surface area contributed by atoms with Gasteiger partial charge in [-0.2, -0.15) is 18.3 Å². The summed E-state index contributed by atoms with van der Waals surface area (Å²) in [5.74, 6) is 0. The van der Waals surface area contributed by atoms with Gasteiger partial charge in [-0.1, -0.05) is 12.1 Å². The number of nitrogens with zero attached hydrogens (tertiary/aromatic N) is 4. The normalized spacial score (nSPS) is 16.3. The number of aromatic nitrogens is 4. The number of nitrogens with one attached hydrogen (secondary N) is 1. The Bertz CT molecular complexity index is 1370. The van der Waals surface area contributed by atoms with E-state index in [-0.39, 0.29) is 12.1 Å². The highest BCUT2D eigenvalue weighted by Crippen LogP contribution is 2.34. The number of hydrogen-bond acceptors (Lipinski definition) is 5. The number of aryl methyl sites for hydroxylation is 2. The van der Waals surface area contributed by atoms with Gasteiger partial charge in [0.15, 0.2) is 0 Å². The van der Waals surface area contributed by atoms with Gasteiger partial charge in [0, 0.05) is 36.3 Å². The van der Waals surface area contributed by atoms with Crippen LogP contribution in [0.3, 0.4) is 0 Å². The van der Waals surface area contributed by atoms with E-state index in [0.717, 1.165) is 53.9 Å². The Morgan fingerprint density at radius 1 is 1.27 bits per heavy atom. The molecule has 0 spiro atoms. The number of rotatable bonds is 5. The zero-order chi connectivity index (χ0) is 23.2. The first kappa shape index (κ1) is 21.8. The van der Waals surface area contributed by atoms with Crippen LogP contribution < -0.4 is 10.9 Å². The molecule has 5 rings (SSSR count). The lowest BCUT2D eigenvalue weighted by Gasteiger charge is -2.23. The van der Waals surface area contributed by atoms with E-state index in [1.54, 1.807) is 10.7 Å². The van der Waals surface area contributed by atoms with Crippen LogP contribution in [0.4, 0.5) is 13.2 Å². The van der Waals surface area contributed by atoms with Gasteiger partial charge in [-0.05, 0) is 42.5 Å². The summed E-state index contributed by atoms with van der Waals surface area (Å²) < 4.78 is 42.3. The van der Waals surface area contributed by atoms with Crippen LogP contribution in [0.15, 0.2) is 47.8 Å². The van der Waals surface area contributed by atoms with Crippen molar-refractivity contribution in [2.45, 2.75) is 44.6 Å². The molecule has 0 unspecified atom stereocenters. The van der Waals surface area contributed by atoms with E-state index in [9.17, 15) is 18.0 Å². The van der Waals surface area contributed by atoms with Crippen molar-refractivity contribution in [3.05, 3.63) is 80.5 Å². The molecule has 3 heterocycles. The Morgan fingerprint density at radius 2 is 2.12 bits per heavy atom. The third kappa shape index (κ3) is 4.45. The van der Waals surface area contributed by atoms with Crippen molar-refractivity contribution in [1.82, 2.24) is 24.6 Å². The van der Waals surface area contributed by atoms with Crippen LogP contribution in [0.2, 0.25) is 0 Å². The summed E-state index contributed by atoms with van der Waals surface area (Å²) in [5.41, 5.74) is 1.65. The molecule has 0 amide bonds. The SMILES string of the molecule is Cn1cc(CN[C@H]2CCc3c(sc4ncn(Cc5cccc(C(F)(F)F)c5)c(=O)c34)C2)cn1. The van der Waals surface area contributed by atoms with Crippen molar-refractivity contribution in [3.8, 4) is 0 Å². The van der Waals surface area contributed by atoms with E-state index in [0.29, 0.717) is 21.8 Å². The molecule has 0 fully saturated rings. The molecule has 0 radical (unpaired) electrons. The molecule has 10 heteroatoms. The largest absolute Gasteiger partial charge is 0.416 e. The number of thiophene rings is 1. The lowest BCUT2D eigenvalue weighted by molar-refractivity contribution is -0.137. The highest BCUT2D eigenvalue weighted by molar-refractivity contribution is 7.18. The molecule has 0 saturated carbocycles. The van der Waals surface area contributed by atoms with Crippen LogP contribution in [0.5, 0.6) is 0 Å². The third-order valence-corrected chi connectivity index (χ3v) is 7.16. The van der Waals surface area contributed by atoms with E-state index in [4.69, 9.17) is 0 Å². The van der Waals surface area contributed by atoms with Crippen LogP contribution in [-0.2, 0) is 39.2 Å². The molecular formula is C23H22F3N5OS.